The standard InChI is InChI=1S/C22H22N5O5/c1-32-16-4-2-14(3-5-16)20-17(9-23-24-20)21(28)25-10-13-8-15(12-25)18-6-7-19(27(30)31)22(29)26(18)11-13/h2-7,9,13,15,30H,8,10-12H2,1H3,(H,23,24)/q-1. The molecule has 0 saturated carbocycles. The van der Waals surface area contributed by atoms with E-state index in [9.17, 15) is 20.0 Å². The lowest BCUT2D eigenvalue weighted by molar-refractivity contribution is 0.0595. The fourth-order valence-corrected chi connectivity index (χ4v) is 4.84. The molecule has 3 aromatic rings. The van der Waals surface area contributed by atoms with Crippen LogP contribution in [0.3, 0.4) is 0 Å². The zero-order chi connectivity index (χ0) is 22.4. The number of likely N-dealkylation sites (tertiary alicyclic amines) is 1. The molecule has 1 fully saturated rings. The summed E-state index contributed by atoms with van der Waals surface area (Å²) in [6.45, 7) is 1.35. The Morgan fingerprint density at radius 2 is 2.00 bits per heavy atom. The highest BCUT2D eigenvalue weighted by Gasteiger charge is 2.37. The number of ether oxygens (including phenoxy) is 1. The quantitative estimate of drug-likeness (QED) is 0.600. The van der Waals surface area contributed by atoms with Crippen molar-refractivity contribution in [1.82, 2.24) is 19.7 Å². The van der Waals surface area contributed by atoms with Gasteiger partial charge in [0.25, 0.3) is 11.5 Å². The van der Waals surface area contributed by atoms with E-state index in [-0.39, 0.29) is 23.4 Å². The van der Waals surface area contributed by atoms with E-state index >= 15 is 0 Å². The third kappa shape index (κ3) is 3.33. The summed E-state index contributed by atoms with van der Waals surface area (Å²) in [5.74, 6) is 0.660. The molecule has 2 unspecified atom stereocenters. The molecule has 1 amide bonds. The second-order valence-corrected chi connectivity index (χ2v) is 8.23. The SMILES string of the molecule is COc1ccc(-c2[nH]ncc2C(=O)N2CC3CC(C2)c2ccc(N([O-])O)c(=O)n2C3)cc1. The summed E-state index contributed by atoms with van der Waals surface area (Å²) in [7, 11) is 1.60. The van der Waals surface area contributed by atoms with Crippen LogP contribution in [0.4, 0.5) is 5.69 Å². The minimum absolute atomic E-state index is 0.0247. The van der Waals surface area contributed by atoms with Crippen molar-refractivity contribution < 1.29 is 14.7 Å². The van der Waals surface area contributed by atoms with E-state index in [1.54, 1.807) is 23.9 Å². The lowest BCUT2D eigenvalue weighted by Crippen LogP contribution is -2.49. The van der Waals surface area contributed by atoms with Crippen molar-refractivity contribution in [2.75, 3.05) is 25.4 Å². The van der Waals surface area contributed by atoms with Gasteiger partial charge in [-0.25, -0.2) is 0 Å². The Labute approximate surface area is 183 Å². The van der Waals surface area contributed by atoms with Crippen LogP contribution in [0.15, 0.2) is 47.4 Å². The van der Waals surface area contributed by atoms with Crippen molar-refractivity contribution in [2.45, 2.75) is 18.9 Å². The van der Waals surface area contributed by atoms with Gasteiger partial charge in [-0.1, -0.05) is 0 Å². The number of methoxy groups -OCH3 is 1. The molecule has 2 atom stereocenters. The third-order valence-corrected chi connectivity index (χ3v) is 6.33. The Kier molecular flexibility index (Phi) is 4.95. The monoisotopic (exact) mass is 436 g/mol. The Morgan fingerprint density at radius 1 is 1.22 bits per heavy atom. The fraction of sp³-hybridized carbons (Fsp3) is 0.318. The second kappa shape index (κ2) is 7.81. The van der Waals surface area contributed by atoms with Crippen LogP contribution >= 0.6 is 0 Å². The van der Waals surface area contributed by atoms with Crippen molar-refractivity contribution in [3.63, 3.8) is 0 Å². The zero-order valence-electron chi connectivity index (χ0n) is 17.4. The summed E-state index contributed by atoms with van der Waals surface area (Å²) >= 11 is 0. The number of nitrogens with one attached hydrogen (secondary N) is 1. The predicted octanol–water partition coefficient (Wildman–Crippen LogP) is 2.20. The number of carbonyl (C=O) groups is 1. The van der Waals surface area contributed by atoms with Gasteiger partial charge in [0.05, 0.1) is 24.6 Å². The van der Waals surface area contributed by atoms with Crippen LogP contribution < -0.4 is 15.5 Å². The molecule has 4 heterocycles. The third-order valence-electron chi connectivity index (χ3n) is 6.33. The number of aromatic nitrogens is 3. The number of aromatic amines is 1. The average Bonchev–Trinajstić information content (AvgIpc) is 3.29. The number of carbonyl (C=O) groups excluding carboxylic acids is 1. The fourth-order valence-electron chi connectivity index (χ4n) is 4.84. The predicted molar refractivity (Wildman–Crippen MR) is 116 cm³/mol. The molecule has 0 radical (unpaired) electrons. The number of hydrogen-bond acceptors (Lipinski definition) is 7. The molecule has 10 nitrogen and oxygen atoms in total. The van der Waals surface area contributed by atoms with Crippen molar-refractivity contribution in [3.8, 4) is 17.0 Å². The number of nitrogens with zero attached hydrogens (tertiary/aromatic N) is 4. The lowest BCUT2D eigenvalue weighted by Gasteiger charge is -2.43. The first kappa shape index (κ1) is 20.3. The number of benzene rings is 1. The number of pyridine rings is 1. The molecule has 2 aliphatic heterocycles. The number of H-pyrrole nitrogens is 1. The summed E-state index contributed by atoms with van der Waals surface area (Å²) < 4.78 is 6.75. The van der Waals surface area contributed by atoms with Crippen LogP contribution in [-0.4, -0.2) is 51.0 Å². The van der Waals surface area contributed by atoms with Crippen LogP contribution in [0.25, 0.3) is 11.3 Å². The number of hydrogen-bond donors (Lipinski definition) is 2. The summed E-state index contributed by atoms with van der Waals surface area (Å²) in [5, 5.41) is 27.1. The van der Waals surface area contributed by atoms with E-state index in [0.29, 0.717) is 30.9 Å². The van der Waals surface area contributed by atoms with Crippen molar-refractivity contribution in [3.05, 3.63) is 69.4 Å². The molecule has 1 aromatic carbocycles. The highest BCUT2D eigenvalue weighted by Crippen LogP contribution is 2.36. The molecule has 2 N–H and O–H groups in total. The number of fused-ring (bicyclic) bond motifs is 4. The first-order valence-electron chi connectivity index (χ1n) is 10.3. The highest BCUT2D eigenvalue weighted by atomic mass is 16.8. The number of anilines is 1. The normalized spacial score (nSPS) is 19.4. The summed E-state index contributed by atoms with van der Waals surface area (Å²) in [5.41, 5.74) is 1.94. The molecule has 0 spiro atoms. The Bertz CT molecular complexity index is 1220. The van der Waals surface area contributed by atoms with E-state index in [1.165, 1.54) is 6.07 Å². The van der Waals surface area contributed by atoms with Crippen LogP contribution in [0.5, 0.6) is 5.75 Å². The van der Waals surface area contributed by atoms with Gasteiger partial charge < -0.3 is 24.6 Å². The summed E-state index contributed by atoms with van der Waals surface area (Å²) in [4.78, 5) is 27.8. The Balaban J connectivity index is 1.42. The zero-order valence-corrected chi connectivity index (χ0v) is 17.4. The van der Waals surface area contributed by atoms with Crippen molar-refractivity contribution >= 4 is 11.6 Å². The topological polar surface area (TPSA) is 127 Å². The molecule has 10 heteroatoms. The van der Waals surface area contributed by atoms with Crippen LogP contribution in [0.1, 0.15) is 28.4 Å². The Hall–Kier alpha value is -3.63. The van der Waals surface area contributed by atoms with Gasteiger partial charge in [-0.05, 0) is 48.7 Å². The van der Waals surface area contributed by atoms with E-state index in [2.05, 4.69) is 10.2 Å². The van der Waals surface area contributed by atoms with E-state index in [0.717, 1.165) is 23.4 Å². The van der Waals surface area contributed by atoms with Crippen molar-refractivity contribution in [1.29, 1.82) is 0 Å². The molecule has 166 valence electrons. The molecule has 0 aliphatic carbocycles. The van der Waals surface area contributed by atoms with Crippen LogP contribution in [-0.2, 0) is 6.54 Å². The van der Waals surface area contributed by atoms with Gasteiger partial charge in [-0.3, -0.25) is 19.9 Å². The molecule has 2 bridgehead atoms. The van der Waals surface area contributed by atoms with Gasteiger partial charge in [0, 0.05) is 36.8 Å². The maximum Gasteiger partial charge on any atom is 0.275 e. The van der Waals surface area contributed by atoms with Gasteiger partial charge >= 0.3 is 0 Å². The van der Waals surface area contributed by atoms with Gasteiger partial charge in [0.15, 0.2) is 0 Å². The summed E-state index contributed by atoms with van der Waals surface area (Å²) in [6, 6.07) is 10.4. The average molecular weight is 436 g/mol. The van der Waals surface area contributed by atoms with E-state index in [1.807, 2.05) is 29.2 Å². The van der Waals surface area contributed by atoms with Crippen LogP contribution in [0, 0.1) is 11.1 Å². The molecule has 2 aromatic heterocycles. The first-order valence-corrected chi connectivity index (χ1v) is 10.3. The van der Waals surface area contributed by atoms with Crippen LogP contribution in [0.2, 0.25) is 0 Å². The minimum atomic E-state index is -0.508. The maximum atomic E-state index is 13.4. The molecule has 32 heavy (non-hydrogen) atoms. The smallest absolute Gasteiger partial charge is 0.275 e. The first-order chi connectivity index (χ1) is 15.5. The molecular formula is C22H22N5O5-. The minimum Gasteiger partial charge on any atom is -0.733 e. The largest absolute Gasteiger partial charge is 0.733 e. The van der Waals surface area contributed by atoms with E-state index in [4.69, 9.17) is 4.74 Å². The van der Waals surface area contributed by atoms with Gasteiger partial charge in [0.2, 0.25) is 0 Å². The lowest BCUT2D eigenvalue weighted by atomic mass is 9.83. The van der Waals surface area contributed by atoms with Crippen molar-refractivity contribution in [2.24, 2.45) is 5.92 Å². The number of amides is 1. The van der Waals surface area contributed by atoms with Gasteiger partial charge in [-0.2, -0.15) is 5.10 Å². The molecule has 1 saturated heterocycles. The van der Waals surface area contributed by atoms with E-state index < -0.39 is 10.8 Å². The summed E-state index contributed by atoms with van der Waals surface area (Å²) in [6.07, 6.45) is 2.40. The maximum absolute atomic E-state index is 13.4. The molecule has 2 aliphatic rings. The van der Waals surface area contributed by atoms with Gasteiger partial charge in [0.1, 0.15) is 11.4 Å². The van der Waals surface area contributed by atoms with Gasteiger partial charge in [-0.15, -0.1) is 0 Å². The second-order valence-electron chi connectivity index (χ2n) is 8.23. The number of piperidine rings is 1. The Morgan fingerprint density at radius 3 is 2.72 bits per heavy atom. The molecular weight excluding hydrogens is 414 g/mol. The highest BCUT2D eigenvalue weighted by molar-refractivity contribution is 5.99. The number of rotatable bonds is 4. The molecule has 5 rings (SSSR count).